The van der Waals surface area contributed by atoms with Crippen molar-refractivity contribution in [3.8, 4) is 0 Å². The second-order valence-corrected chi connectivity index (χ2v) is 8.02. The number of amides is 2. The number of pyridine rings is 1. The number of anilines is 2. The van der Waals surface area contributed by atoms with Gasteiger partial charge in [0.1, 0.15) is 0 Å². The normalized spacial score (nSPS) is 14.0. The third kappa shape index (κ3) is 4.65. The number of rotatable bonds is 7. The maximum atomic E-state index is 12.8. The molecule has 3 aromatic rings. The molecule has 1 aliphatic heterocycles. The Morgan fingerprint density at radius 1 is 1.30 bits per heavy atom. The number of carbonyl (C=O) groups is 2. The summed E-state index contributed by atoms with van der Waals surface area (Å²) in [7, 11) is 0. The smallest absolute Gasteiger partial charge is 0.253 e. The molecule has 4 rings (SSSR count). The maximum absolute atomic E-state index is 12.8. The summed E-state index contributed by atoms with van der Waals surface area (Å²) in [5.74, 6) is 0.321. The van der Waals surface area contributed by atoms with Crippen molar-refractivity contribution in [3.05, 3.63) is 70.3 Å². The number of nitrogens with one attached hydrogen (secondary N) is 2. The molecule has 30 heavy (non-hydrogen) atoms. The van der Waals surface area contributed by atoms with Crippen molar-refractivity contribution in [1.29, 1.82) is 0 Å². The van der Waals surface area contributed by atoms with Crippen LogP contribution in [0.3, 0.4) is 0 Å². The average molecular weight is 422 g/mol. The molecule has 1 atom stereocenters. The molecule has 0 aliphatic carbocycles. The van der Waals surface area contributed by atoms with E-state index in [1.807, 2.05) is 30.5 Å². The van der Waals surface area contributed by atoms with E-state index in [4.69, 9.17) is 0 Å². The highest BCUT2D eigenvalue weighted by molar-refractivity contribution is 7.07. The Bertz CT molecular complexity index is 1020. The van der Waals surface area contributed by atoms with Gasteiger partial charge in [-0.15, -0.1) is 11.3 Å². The Hall–Kier alpha value is -3.26. The Balaban J connectivity index is 1.45. The summed E-state index contributed by atoms with van der Waals surface area (Å²) >= 11 is 1.48. The van der Waals surface area contributed by atoms with Crippen molar-refractivity contribution in [1.82, 2.24) is 15.3 Å². The van der Waals surface area contributed by atoms with E-state index >= 15 is 0 Å². The van der Waals surface area contributed by atoms with Gasteiger partial charge >= 0.3 is 0 Å². The number of aryl methyl sites for hydroxylation is 1. The van der Waals surface area contributed by atoms with E-state index in [-0.39, 0.29) is 24.4 Å². The number of benzene rings is 1. The van der Waals surface area contributed by atoms with Crippen LogP contribution in [0.1, 0.15) is 35.0 Å². The standard InChI is InChI=1S/C22H23N5O2S/c1-15(7-8-16-5-3-2-4-6-16)26-22(29)17-9-19-21(23-10-17)24-11-20(28)27(19)12-18-13-30-14-25-18/h2-6,9-10,13-15H,7-8,11-12H2,1H3,(H,23,24)(H,26,29). The summed E-state index contributed by atoms with van der Waals surface area (Å²) in [6, 6.07) is 11.9. The Kier molecular flexibility index (Phi) is 6.04. The summed E-state index contributed by atoms with van der Waals surface area (Å²) < 4.78 is 0. The second-order valence-electron chi connectivity index (χ2n) is 7.30. The first-order chi connectivity index (χ1) is 14.6. The average Bonchev–Trinajstić information content (AvgIpc) is 3.28. The van der Waals surface area contributed by atoms with Crippen molar-refractivity contribution in [2.45, 2.75) is 32.4 Å². The molecule has 2 N–H and O–H groups in total. The first kappa shape index (κ1) is 20.0. The van der Waals surface area contributed by atoms with Crippen LogP contribution in [0.15, 0.2) is 53.5 Å². The highest BCUT2D eigenvalue weighted by Crippen LogP contribution is 2.29. The first-order valence-corrected chi connectivity index (χ1v) is 10.8. The molecule has 0 bridgehead atoms. The predicted octanol–water partition coefficient (Wildman–Crippen LogP) is 3.25. The molecule has 1 unspecified atom stereocenters. The Morgan fingerprint density at radius 3 is 2.90 bits per heavy atom. The SMILES string of the molecule is CC(CCc1ccccc1)NC(=O)c1cnc2c(c1)N(Cc1cscn1)C(=O)CN2. The molecule has 3 heterocycles. The van der Waals surface area contributed by atoms with E-state index < -0.39 is 0 Å². The molecule has 7 nitrogen and oxygen atoms in total. The topological polar surface area (TPSA) is 87.2 Å². The van der Waals surface area contributed by atoms with Crippen LogP contribution in [0.4, 0.5) is 11.5 Å². The van der Waals surface area contributed by atoms with Crippen LogP contribution in [0.2, 0.25) is 0 Å². The summed E-state index contributed by atoms with van der Waals surface area (Å²) in [6.45, 7) is 2.52. The number of nitrogens with zero attached hydrogens (tertiary/aromatic N) is 3. The van der Waals surface area contributed by atoms with Gasteiger partial charge in [0.2, 0.25) is 5.91 Å². The van der Waals surface area contributed by atoms with Crippen LogP contribution < -0.4 is 15.5 Å². The molecule has 0 radical (unpaired) electrons. The number of fused-ring (bicyclic) bond motifs is 1. The van der Waals surface area contributed by atoms with Crippen LogP contribution in [0.25, 0.3) is 0 Å². The first-order valence-electron chi connectivity index (χ1n) is 9.86. The fraction of sp³-hybridized carbons (Fsp3) is 0.273. The zero-order chi connectivity index (χ0) is 20.9. The van der Waals surface area contributed by atoms with Gasteiger partial charge in [-0.1, -0.05) is 30.3 Å². The molecule has 2 amide bonds. The highest BCUT2D eigenvalue weighted by atomic mass is 32.1. The number of carbonyl (C=O) groups excluding carboxylic acids is 2. The van der Waals surface area contributed by atoms with Crippen LogP contribution >= 0.6 is 11.3 Å². The van der Waals surface area contributed by atoms with Crippen LogP contribution in [0, 0.1) is 0 Å². The van der Waals surface area contributed by atoms with Crippen LogP contribution in [-0.2, 0) is 17.8 Å². The molecular formula is C22H23N5O2S. The monoisotopic (exact) mass is 421 g/mol. The number of aromatic nitrogens is 2. The Labute approximate surface area is 179 Å². The van der Waals surface area contributed by atoms with Crippen LogP contribution in [0.5, 0.6) is 0 Å². The largest absolute Gasteiger partial charge is 0.359 e. The van der Waals surface area contributed by atoms with Gasteiger partial charge in [-0.25, -0.2) is 9.97 Å². The maximum Gasteiger partial charge on any atom is 0.253 e. The molecule has 0 saturated carbocycles. The fourth-order valence-corrected chi connectivity index (χ4v) is 3.92. The van der Waals surface area contributed by atoms with Gasteiger partial charge in [-0.05, 0) is 31.4 Å². The molecule has 0 spiro atoms. The quantitative estimate of drug-likeness (QED) is 0.612. The van der Waals surface area contributed by atoms with E-state index in [0.717, 1.165) is 18.5 Å². The minimum atomic E-state index is -0.197. The predicted molar refractivity (Wildman–Crippen MR) is 118 cm³/mol. The van der Waals surface area contributed by atoms with Crippen molar-refractivity contribution in [2.24, 2.45) is 0 Å². The van der Waals surface area contributed by atoms with Gasteiger partial charge in [0, 0.05) is 17.6 Å². The third-order valence-electron chi connectivity index (χ3n) is 5.02. The van der Waals surface area contributed by atoms with E-state index in [1.165, 1.54) is 16.9 Å². The van der Waals surface area contributed by atoms with Crippen LogP contribution in [-0.4, -0.2) is 34.4 Å². The third-order valence-corrected chi connectivity index (χ3v) is 5.65. The molecule has 1 aromatic carbocycles. The Morgan fingerprint density at radius 2 is 2.13 bits per heavy atom. The van der Waals surface area contributed by atoms with Crippen molar-refractivity contribution < 1.29 is 9.59 Å². The van der Waals surface area contributed by atoms with Gasteiger partial charge in [0.15, 0.2) is 5.82 Å². The van der Waals surface area contributed by atoms with E-state index in [9.17, 15) is 9.59 Å². The molecule has 0 saturated heterocycles. The van der Waals surface area contributed by atoms with Gasteiger partial charge in [-0.2, -0.15) is 0 Å². The zero-order valence-electron chi connectivity index (χ0n) is 16.7. The van der Waals surface area contributed by atoms with Gasteiger partial charge in [-0.3, -0.25) is 9.59 Å². The number of thiazole rings is 1. The summed E-state index contributed by atoms with van der Waals surface area (Å²) in [6.07, 6.45) is 3.27. The van der Waals surface area contributed by atoms with Gasteiger partial charge in [0.05, 0.1) is 35.5 Å². The lowest BCUT2D eigenvalue weighted by Crippen LogP contribution is -2.40. The lowest BCUT2D eigenvalue weighted by molar-refractivity contribution is -0.117. The molecule has 2 aromatic heterocycles. The number of hydrogen-bond donors (Lipinski definition) is 2. The van der Waals surface area contributed by atoms with Gasteiger partial charge in [0.25, 0.3) is 5.91 Å². The minimum Gasteiger partial charge on any atom is -0.359 e. The zero-order valence-corrected chi connectivity index (χ0v) is 17.5. The van der Waals surface area contributed by atoms with E-state index in [2.05, 4.69) is 32.7 Å². The van der Waals surface area contributed by atoms with Crippen molar-refractivity contribution in [2.75, 3.05) is 16.8 Å². The van der Waals surface area contributed by atoms with E-state index in [0.29, 0.717) is 23.6 Å². The van der Waals surface area contributed by atoms with E-state index in [1.54, 1.807) is 22.7 Å². The summed E-state index contributed by atoms with van der Waals surface area (Å²) in [5.41, 5.74) is 4.83. The molecule has 154 valence electrons. The molecule has 1 aliphatic rings. The fourth-order valence-electron chi connectivity index (χ4n) is 3.37. The molecule has 0 fully saturated rings. The lowest BCUT2D eigenvalue weighted by atomic mass is 10.1. The lowest BCUT2D eigenvalue weighted by Gasteiger charge is -2.29. The highest BCUT2D eigenvalue weighted by Gasteiger charge is 2.27. The summed E-state index contributed by atoms with van der Waals surface area (Å²) in [4.78, 5) is 35.5. The minimum absolute atomic E-state index is 0.0135. The molecule has 8 heteroatoms. The number of hydrogen-bond acceptors (Lipinski definition) is 6. The second kappa shape index (κ2) is 9.04. The van der Waals surface area contributed by atoms with Gasteiger partial charge < -0.3 is 15.5 Å². The van der Waals surface area contributed by atoms with Crippen molar-refractivity contribution >= 4 is 34.7 Å². The summed E-state index contributed by atoms with van der Waals surface area (Å²) in [5, 5.41) is 7.96. The van der Waals surface area contributed by atoms with Crippen molar-refractivity contribution in [3.63, 3.8) is 0 Å². The molecular weight excluding hydrogens is 398 g/mol.